The Hall–Kier alpha value is -1.02. The van der Waals surface area contributed by atoms with Crippen molar-refractivity contribution in [2.45, 2.75) is 38.6 Å². The van der Waals surface area contributed by atoms with E-state index in [9.17, 15) is 5.11 Å². The van der Waals surface area contributed by atoms with Gasteiger partial charge in [0.1, 0.15) is 5.75 Å². The lowest BCUT2D eigenvalue weighted by atomic mass is 9.64. The number of phenolic OH excluding ortho intramolecular Hbond substituents is 1. The van der Waals surface area contributed by atoms with Crippen molar-refractivity contribution < 1.29 is 5.11 Å². The molecule has 0 spiro atoms. The molecule has 1 aliphatic rings. The molecule has 1 N–H and O–H groups in total. The molecule has 94 valence electrons. The average molecular weight is 233 g/mol. The largest absolute Gasteiger partial charge is 0.508 e. The Morgan fingerprint density at radius 3 is 2.53 bits per heavy atom. The van der Waals surface area contributed by atoms with Crippen molar-refractivity contribution in [3.8, 4) is 5.75 Å². The summed E-state index contributed by atoms with van der Waals surface area (Å²) in [6, 6.07) is 6.39. The summed E-state index contributed by atoms with van der Waals surface area (Å²) in [5.74, 6) is 0.958. The summed E-state index contributed by atoms with van der Waals surface area (Å²) in [5, 5.41) is 9.67. The molecule has 0 radical (unpaired) electrons. The van der Waals surface area contributed by atoms with E-state index in [4.69, 9.17) is 0 Å². The number of aromatic hydroxyl groups is 1. The molecule has 0 saturated heterocycles. The summed E-state index contributed by atoms with van der Waals surface area (Å²) < 4.78 is 0. The fraction of sp³-hybridized carbons (Fsp3) is 0.600. The second-order valence-electron chi connectivity index (χ2n) is 6.09. The van der Waals surface area contributed by atoms with Crippen LogP contribution in [0.2, 0.25) is 0 Å². The van der Waals surface area contributed by atoms with Crippen molar-refractivity contribution >= 4 is 0 Å². The van der Waals surface area contributed by atoms with Crippen LogP contribution in [0.25, 0.3) is 0 Å². The predicted octanol–water partition coefficient (Wildman–Crippen LogP) is 2.79. The van der Waals surface area contributed by atoms with Gasteiger partial charge in [-0.1, -0.05) is 26.8 Å². The van der Waals surface area contributed by atoms with E-state index in [0.717, 1.165) is 6.42 Å². The molecular formula is C15H23NO. The molecule has 0 bridgehead atoms. The quantitative estimate of drug-likeness (QED) is 0.806. The van der Waals surface area contributed by atoms with E-state index in [1.807, 2.05) is 6.07 Å². The summed E-state index contributed by atoms with van der Waals surface area (Å²) in [4.78, 5) is 2.32. The SMILES string of the molecule is C[C@H]1[C@H](N(C)C)Cc2ccc(O)cc2C1(C)C. The molecule has 2 rings (SSSR count). The Kier molecular flexibility index (Phi) is 2.94. The van der Waals surface area contributed by atoms with Crippen molar-refractivity contribution in [1.82, 2.24) is 4.90 Å². The van der Waals surface area contributed by atoms with Gasteiger partial charge in [0.15, 0.2) is 0 Å². The van der Waals surface area contributed by atoms with E-state index in [-0.39, 0.29) is 5.41 Å². The van der Waals surface area contributed by atoms with Gasteiger partial charge in [0.25, 0.3) is 0 Å². The second kappa shape index (κ2) is 4.02. The van der Waals surface area contributed by atoms with Gasteiger partial charge in [-0.2, -0.15) is 0 Å². The van der Waals surface area contributed by atoms with Gasteiger partial charge in [-0.25, -0.2) is 0 Å². The molecule has 1 aliphatic carbocycles. The zero-order chi connectivity index (χ0) is 12.8. The lowest BCUT2D eigenvalue weighted by molar-refractivity contribution is 0.144. The monoisotopic (exact) mass is 233 g/mol. The smallest absolute Gasteiger partial charge is 0.115 e. The van der Waals surface area contributed by atoms with Gasteiger partial charge < -0.3 is 10.0 Å². The number of nitrogens with zero attached hydrogens (tertiary/aromatic N) is 1. The van der Waals surface area contributed by atoms with Crippen molar-refractivity contribution in [3.63, 3.8) is 0 Å². The van der Waals surface area contributed by atoms with Crippen LogP contribution in [-0.4, -0.2) is 30.1 Å². The molecule has 1 aromatic carbocycles. The summed E-state index contributed by atoms with van der Waals surface area (Å²) in [6.07, 6.45) is 1.08. The molecule has 0 aromatic heterocycles. The third-order valence-electron chi connectivity index (χ3n) is 4.60. The van der Waals surface area contributed by atoms with Gasteiger partial charge in [-0.15, -0.1) is 0 Å². The van der Waals surface area contributed by atoms with E-state index < -0.39 is 0 Å². The maximum Gasteiger partial charge on any atom is 0.115 e. The molecule has 2 atom stereocenters. The molecule has 0 amide bonds. The number of hydrogen-bond donors (Lipinski definition) is 1. The molecule has 0 unspecified atom stereocenters. The highest BCUT2D eigenvalue weighted by molar-refractivity contribution is 5.42. The number of benzene rings is 1. The fourth-order valence-corrected chi connectivity index (χ4v) is 3.10. The molecule has 0 saturated carbocycles. The standard InChI is InChI=1S/C15H23NO/c1-10-14(16(4)5)8-11-6-7-12(17)9-13(11)15(10,2)3/h6-7,9-10,14,17H,8H2,1-5H3/t10-,14+/m0/s1. The molecule has 2 nitrogen and oxygen atoms in total. The van der Waals surface area contributed by atoms with E-state index in [2.05, 4.69) is 45.8 Å². The van der Waals surface area contributed by atoms with Gasteiger partial charge in [0, 0.05) is 6.04 Å². The predicted molar refractivity (Wildman–Crippen MR) is 71.5 cm³/mol. The first-order valence-electron chi connectivity index (χ1n) is 6.33. The third kappa shape index (κ3) is 1.95. The highest BCUT2D eigenvalue weighted by Gasteiger charge is 2.40. The Balaban J connectivity index is 2.51. The Labute approximate surface area is 104 Å². The van der Waals surface area contributed by atoms with Crippen LogP contribution < -0.4 is 0 Å². The summed E-state index contributed by atoms with van der Waals surface area (Å²) in [6.45, 7) is 6.88. The Morgan fingerprint density at radius 1 is 1.29 bits per heavy atom. The lowest BCUT2D eigenvalue weighted by Crippen LogP contribution is -2.48. The Bertz CT molecular complexity index is 423. The molecule has 0 heterocycles. The van der Waals surface area contributed by atoms with Crippen LogP contribution >= 0.6 is 0 Å². The van der Waals surface area contributed by atoms with E-state index >= 15 is 0 Å². The highest BCUT2D eigenvalue weighted by Crippen LogP contribution is 2.43. The van der Waals surface area contributed by atoms with Gasteiger partial charge in [-0.05, 0) is 55.1 Å². The van der Waals surface area contributed by atoms with E-state index in [1.165, 1.54) is 11.1 Å². The molecule has 0 aliphatic heterocycles. The maximum absolute atomic E-state index is 9.67. The number of likely N-dealkylation sites (N-methyl/N-ethyl adjacent to an activating group) is 1. The van der Waals surface area contributed by atoms with Crippen LogP contribution in [0.3, 0.4) is 0 Å². The zero-order valence-corrected chi connectivity index (χ0v) is 11.5. The topological polar surface area (TPSA) is 23.5 Å². The highest BCUT2D eigenvalue weighted by atomic mass is 16.3. The molecular weight excluding hydrogens is 210 g/mol. The van der Waals surface area contributed by atoms with Crippen molar-refractivity contribution in [3.05, 3.63) is 29.3 Å². The maximum atomic E-state index is 9.67. The first-order valence-corrected chi connectivity index (χ1v) is 6.33. The van der Waals surface area contributed by atoms with Gasteiger partial charge in [0.2, 0.25) is 0 Å². The number of fused-ring (bicyclic) bond motifs is 1. The number of hydrogen-bond acceptors (Lipinski definition) is 2. The first kappa shape index (κ1) is 12.4. The summed E-state index contributed by atoms with van der Waals surface area (Å²) in [7, 11) is 4.31. The average Bonchev–Trinajstić information content (AvgIpc) is 2.24. The van der Waals surface area contributed by atoms with Crippen LogP contribution in [0.1, 0.15) is 31.9 Å². The van der Waals surface area contributed by atoms with E-state index in [1.54, 1.807) is 6.07 Å². The third-order valence-corrected chi connectivity index (χ3v) is 4.60. The van der Waals surface area contributed by atoms with Gasteiger partial charge >= 0.3 is 0 Å². The molecule has 2 heteroatoms. The van der Waals surface area contributed by atoms with Crippen molar-refractivity contribution in [2.75, 3.05) is 14.1 Å². The molecule has 0 fully saturated rings. The fourth-order valence-electron chi connectivity index (χ4n) is 3.10. The van der Waals surface area contributed by atoms with E-state index in [0.29, 0.717) is 17.7 Å². The minimum absolute atomic E-state index is 0.112. The molecule has 1 aromatic rings. The van der Waals surface area contributed by atoms with Crippen LogP contribution in [0.15, 0.2) is 18.2 Å². The number of rotatable bonds is 1. The van der Waals surface area contributed by atoms with Gasteiger partial charge in [0.05, 0.1) is 0 Å². The van der Waals surface area contributed by atoms with Crippen LogP contribution in [0, 0.1) is 5.92 Å². The lowest BCUT2D eigenvalue weighted by Gasteiger charge is -2.46. The van der Waals surface area contributed by atoms with Crippen LogP contribution in [-0.2, 0) is 11.8 Å². The molecule has 17 heavy (non-hydrogen) atoms. The minimum atomic E-state index is 0.112. The zero-order valence-electron chi connectivity index (χ0n) is 11.5. The van der Waals surface area contributed by atoms with Crippen LogP contribution in [0.4, 0.5) is 0 Å². The Morgan fingerprint density at radius 2 is 1.94 bits per heavy atom. The van der Waals surface area contributed by atoms with Crippen molar-refractivity contribution in [1.29, 1.82) is 0 Å². The van der Waals surface area contributed by atoms with Gasteiger partial charge in [-0.3, -0.25) is 0 Å². The first-order chi connectivity index (χ1) is 7.84. The second-order valence-corrected chi connectivity index (χ2v) is 6.09. The minimum Gasteiger partial charge on any atom is -0.508 e. The van der Waals surface area contributed by atoms with Crippen LogP contribution in [0.5, 0.6) is 5.75 Å². The van der Waals surface area contributed by atoms with Crippen molar-refractivity contribution in [2.24, 2.45) is 5.92 Å². The summed E-state index contributed by atoms with van der Waals surface area (Å²) >= 11 is 0. The normalized spacial score (nSPS) is 26.9. The number of phenols is 1. The summed E-state index contributed by atoms with van der Waals surface area (Å²) in [5.41, 5.74) is 2.80.